The van der Waals surface area contributed by atoms with Crippen molar-refractivity contribution < 1.29 is 19.4 Å². The average molecular weight is 237 g/mol. The summed E-state index contributed by atoms with van der Waals surface area (Å²) in [5.41, 5.74) is -0.218. The molecule has 1 aromatic rings. The average Bonchev–Trinajstić information content (AvgIpc) is 2.29. The van der Waals surface area contributed by atoms with Crippen LogP contribution in [0.15, 0.2) is 24.3 Å². The summed E-state index contributed by atoms with van der Waals surface area (Å²) in [6.45, 7) is 3.29. The molecule has 92 valence electrons. The van der Waals surface area contributed by atoms with Crippen molar-refractivity contribution in [1.29, 1.82) is 0 Å². The van der Waals surface area contributed by atoms with Gasteiger partial charge in [0.05, 0.1) is 5.56 Å². The highest BCUT2D eigenvalue weighted by molar-refractivity contribution is 5.97. The Balaban J connectivity index is 2.76. The lowest BCUT2D eigenvalue weighted by molar-refractivity contribution is -0.133. The monoisotopic (exact) mass is 237 g/mol. The minimum Gasteiger partial charge on any atom is -0.478 e. The second kappa shape index (κ2) is 4.97. The molecule has 0 heterocycles. The zero-order chi connectivity index (χ0) is 13.1. The minimum absolute atomic E-state index is 0.175. The van der Waals surface area contributed by atoms with Crippen LogP contribution in [0.4, 0.5) is 5.69 Å². The van der Waals surface area contributed by atoms with Gasteiger partial charge in [0.1, 0.15) is 5.60 Å². The molecular formula is C12H15NO4. The molecule has 5 heteroatoms. The molecule has 0 atom stereocenters. The van der Waals surface area contributed by atoms with Gasteiger partial charge in [0.15, 0.2) is 0 Å². The molecule has 0 aliphatic heterocycles. The second-order valence-electron chi connectivity index (χ2n) is 4.05. The molecule has 1 rings (SSSR count). The van der Waals surface area contributed by atoms with E-state index >= 15 is 0 Å². The van der Waals surface area contributed by atoms with Crippen LogP contribution < -0.4 is 5.32 Å². The normalized spacial score (nSPS) is 11.0. The Morgan fingerprint density at radius 3 is 2.18 bits per heavy atom. The van der Waals surface area contributed by atoms with Gasteiger partial charge in [-0.2, -0.15) is 0 Å². The molecule has 0 radical (unpaired) electrons. The van der Waals surface area contributed by atoms with Crippen molar-refractivity contribution in [2.24, 2.45) is 0 Å². The number of anilines is 1. The highest BCUT2D eigenvalue weighted by Gasteiger charge is 2.26. The summed E-state index contributed by atoms with van der Waals surface area (Å²) in [6, 6.07) is 5.93. The standard InChI is InChI=1S/C12H15NO4/c1-12(2,17-3)11(16)13-9-6-4-8(5-7-9)10(14)15/h4-7H,1-3H3,(H,13,16)(H,14,15). The van der Waals surface area contributed by atoms with Gasteiger partial charge in [-0.05, 0) is 38.1 Å². The van der Waals surface area contributed by atoms with Crippen LogP contribution in [0.2, 0.25) is 0 Å². The van der Waals surface area contributed by atoms with E-state index in [9.17, 15) is 9.59 Å². The molecule has 0 aliphatic rings. The number of rotatable bonds is 4. The molecule has 2 N–H and O–H groups in total. The Hall–Kier alpha value is -1.88. The zero-order valence-corrected chi connectivity index (χ0v) is 9.98. The van der Waals surface area contributed by atoms with E-state index in [2.05, 4.69) is 5.32 Å². The first-order valence-corrected chi connectivity index (χ1v) is 5.07. The first-order valence-electron chi connectivity index (χ1n) is 5.07. The van der Waals surface area contributed by atoms with Crippen LogP contribution in [0.1, 0.15) is 24.2 Å². The maximum Gasteiger partial charge on any atom is 0.335 e. The number of benzene rings is 1. The van der Waals surface area contributed by atoms with Gasteiger partial charge in [-0.1, -0.05) is 0 Å². The van der Waals surface area contributed by atoms with Gasteiger partial charge in [-0.15, -0.1) is 0 Å². The van der Waals surface area contributed by atoms with Crippen molar-refractivity contribution >= 4 is 17.6 Å². The molecule has 0 aliphatic carbocycles. The summed E-state index contributed by atoms with van der Waals surface area (Å²) in [6.07, 6.45) is 0. The SMILES string of the molecule is COC(C)(C)C(=O)Nc1ccc(C(=O)O)cc1. The van der Waals surface area contributed by atoms with E-state index in [1.165, 1.54) is 31.4 Å². The predicted octanol–water partition coefficient (Wildman–Crippen LogP) is 1.75. The summed E-state index contributed by atoms with van der Waals surface area (Å²) >= 11 is 0. The summed E-state index contributed by atoms with van der Waals surface area (Å²) in [5.74, 6) is -1.29. The van der Waals surface area contributed by atoms with Crippen molar-refractivity contribution in [3.8, 4) is 0 Å². The quantitative estimate of drug-likeness (QED) is 0.836. The molecule has 17 heavy (non-hydrogen) atoms. The van der Waals surface area contributed by atoms with Gasteiger partial charge < -0.3 is 15.2 Å². The van der Waals surface area contributed by atoms with Crippen molar-refractivity contribution in [3.63, 3.8) is 0 Å². The van der Waals surface area contributed by atoms with Crippen LogP contribution in [-0.2, 0) is 9.53 Å². The minimum atomic E-state index is -1.000. The van der Waals surface area contributed by atoms with Crippen LogP contribution in [0.25, 0.3) is 0 Å². The lowest BCUT2D eigenvalue weighted by atomic mass is 10.1. The molecule has 0 aromatic heterocycles. The number of carbonyl (C=O) groups excluding carboxylic acids is 1. The number of carboxylic acids is 1. The molecule has 0 bridgehead atoms. The number of amides is 1. The van der Waals surface area contributed by atoms with Crippen LogP contribution >= 0.6 is 0 Å². The lowest BCUT2D eigenvalue weighted by Crippen LogP contribution is -2.38. The van der Waals surface area contributed by atoms with E-state index in [-0.39, 0.29) is 11.5 Å². The Morgan fingerprint density at radius 2 is 1.76 bits per heavy atom. The fraction of sp³-hybridized carbons (Fsp3) is 0.333. The third-order valence-electron chi connectivity index (χ3n) is 2.45. The molecule has 0 fully saturated rings. The topological polar surface area (TPSA) is 75.6 Å². The first kappa shape index (κ1) is 13.2. The number of ether oxygens (including phenoxy) is 1. The second-order valence-corrected chi connectivity index (χ2v) is 4.05. The van der Waals surface area contributed by atoms with E-state index < -0.39 is 11.6 Å². The third-order valence-corrected chi connectivity index (χ3v) is 2.45. The van der Waals surface area contributed by atoms with Gasteiger partial charge in [0, 0.05) is 12.8 Å². The maximum absolute atomic E-state index is 11.7. The largest absolute Gasteiger partial charge is 0.478 e. The number of carboxylic acid groups (broad SMARTS) is 1. The highest BCUT2D eigenvalue weighted by Crippen LogP contribution is 2.14. The Labute approximate surface area is 99.4 Å². The summed E-state index contributed by atoms with van der Waals surface area (Å²) in [7, 11) is 1.45. The van der Waals surface area contributed by atoms with Gasteiger partial charge >= 0.3 is 5.97 Å². The van der Waals surface area contributed by atoms with Crippen molar-refractivity contribution in [3.05, 3.63) is 29.8 Å². The lowest BCUT2D eigenvalue weighted by Gasteiger charge is -2.21. The highest BCUT2D eigenvalue weighted by atomic mass is 16.5. The molecule has 0 unspecified atom stereocenters. The van der Waals surface area contributed by atoms with Gasteiger partial charge in [0.2, 0.25) is 0 Å². The Bertz CT molecular complexity index is 423. The summed E-state index contributed by atoms with van der Waals surface area (Å²) in [4.78, 5) is 22.4. The van der Waals surface area contributed by atoms with Crippen molar-refractivity contribution in [2.45, 2.75) is 19.4 Å². The number of hydrogen-bond acceptors (Lipinski definition) is 3. The van der Waals surface area contributed by atoms with Crippen LogP contribution in [0.3, 0.4) is 0 Å². The third kappa shape index (κ3) is 3.29. The van der Waals surface area contributed by atoms with Crippen molar-refractivity contribution in [1.82, 2.24) is 0 Å². The van der Waals surface area contributed by atoms with Gasteiger partial charge in [-0.3, -0.25) is 4.79 Å². The molecule has 1 aromatic carbocycles. The Kier molecular flexibility index (Phi) is 3.85. The number of nitrogens with one attached hydrogen (secondary N) is 1. The van der Waals surface area contributed by atoms with Crippen LogP contribution in [0.5, 0.6) is 0 Å². The van der Waals surface area contributed by atoms with E-state index in [4.69, 9.17) is 9.84 Å². The summed E-state index contributed by atoms with van der Waals surface area (Å²) < 4.78 is 5.03. The van der Waals surface area contributed by atoms with E-state index in [1.807, 2.05) is 0 Å². The Morgan fingerprint density at radius 1 is 1.24 bits per heavy atom. The predicted molar refractivity (Wildman–Crippen MR) is 63.1 cm³/mol. The number of methoxy groups -OCH3 is 1. The molecule has 0 saturated heterocycles. The molecule has 1 amide bonds. The van der Waals surface area contributed by atoms with Crippen LogP contribution in [0, 0.1) is 0 Å². The molecule has 0 spiro atoms. The molecule has 5 nitrogen and oxygen atoms in total. The number of hydrogen-bond donors (Lipinski definition) is 2. The van der Waals surface area contributed by atoms with E-state index in [0.717, 1.165) is 0 Å². The molecule has 0 saturated carbocycles. The van der Waals surface area contributed by atoms with Gasteiger partial charge in [-0.25, -0.2) is 4.79 Å². The fourth-order valence-electron chi connectivity index (χ4n) is 1.07. The van der Waals surface area contributed by atoms with E-state index in [1.54, 1.807) is 13.8 Å². The zero-order valence-electron chi connectivity index (χ0n) is 9.98. The van der Waals surface area contributed by atoms with Crippen molar-refractivity contribution in [2.75, 3.05) is 12.4 Å². The fourth-order valence-corrected chi connectivity index (χ4v) is 1.07. The van der Waals surface area contributed by atoms with Crippen LogP contribution in [-0.4, -0.2) is 29.7 Å². The smallest absolute Gasteiger partial charge is 0.335 e. The van der Waals surface area contributed by atoms with E-state index in [0.29, 0.717) is 5.69 Å². The number of carbonyl (C=O) groups is 2. The number of aromatic carboxylic acids is 1. The van der Waals surface area contributed by atoms with Gasteiger partial charge in [0.25, 0.3) is 5.91 Å². The molecular weight excluding hydrogens is 222 g/mol. The first-order chi connectivity index (χ1) is 7.86. The maximum atomic E-state index is 11.7. The summed E-state index contributed by atoms with van der Waals surface area (Å²) in [5, 5.41) is 11.4.